The van der Waals surface area contributed by atoms with Crippen LogP contribution in [-0.2, 0) is 0 Å². The Kier molecular flexibility index (Phi) is 3.56. The van der Waals surface area contributed by atoms with Crippen LogP contribution in [0.25, 0.3) is 0 Å². The monoisotopic (exact) mass is 214 g/mol. The third-order valence-electron chi connectivity index (χ3n) is 3.78. The molecule has 1 aromatic heterocycles. The summed E-state index contributed by atoms with van der Waals surface area (Å²) in [7, 11) is 0. The molecule has 84 valence electrons. The molecule has 16 heavy (non-hydrogen) atoms. The molecular formula is C14H18N2. The third kappa shape index (κ3) is 2.24. The van der Waals surface area contributed by atoms with Crippen LogP contribution < -0.4 is 0 Å². The van der Waals surface area contributed by atoms with Crippen LogP contribution in [0.15, 0.2) is 24.5 Å². The first kappa shape index (κ1) is 11.1. The number of nitriles is 1. The molecule has 2 rings (SSSR count). The van der Waals surface area contributed by atoms with Crippen molar-refractivity contribution in [2.24, 2.45) is 11.8 Å². The largest absolute Gasteiger partial charge is 0.264 e. The Labute approximate surface area is 97.3 Å². The van der Waals surface area contributed by atoms with Crippen molar-refractivity contribution in [3.05, 3.63) is 30.1 Å². The summed E-state index contributed by atoms with van der Waals surface area (Å²) in [5, 5.41) is 9.09. The first-order valence-electron chi connectivity index (χ1n) is 6.12. The maximum Gasteiger partial charge on any atom is 0.0656 e. The SMILES string of the molecule is CC(C#N)C1CCCCC1c1cccnc1. The number of hydrogen-bond donors (Lipinski definition) is 0. The summed E-state index contributed by atoms with van der Waals surface area (Å²) in [6.45, 7) is 2.05. The molecule has 0 aliphatic heterocycles. The summed E-state index contributed by atoms with van der Waals surface area (Å²) in [6, 6.07) is 6.56. The van der Waals surface area contributed by atoms with E-state index in [1.165, 1.54) is 31.2 Å². The van der Waals surface area contributed by atoms with Crippen molar-refractivity contribution in [3.63, 3.8) is 0 Å². The molecule has 1 heterocycles. The van der Waals surface area contributed by atoms with E-state index in [9.17, 15) is 0 Å². The van der Waals surface area contributed by atoms with Crippen LogP contribution in [0.1, 0.15) is 44.1 Å². The minimum absolute atomic E-state index is 0.158. The highest BCUT2D eigenvalue weighted by Gasteiger charge is 2.30. The van der Waals surface area contributed by atoms with Gasteiger partial charge >= 0.3 is 0 Å². The van der Waals surface area contributed by atoms with Crippen LogP contribution in [-0.4, -0.2) is 4.98 Å². The molecule has 0 radical (unpaired) electrons. The highest BCUT2D eigenvalue weighted by molar-refractivity contribution is 5.17. The fourth-order valence-corrected chi connectivity index (χ4v) is 2.86. The molecule has 0 N–H and O–H groups in total. The molecule has 2 heteroatoms. The van der Waals surface area contributed by atoms with Crippen LogP contribution in [0.2, 0.25) is 0 Å². The van der Waals surface area contributed by atoms with E-state index in [2.05, 4.69) is 24.0 Å². The van der Waals surface area contributed by atoms with Gasteiger partial charge in [-0.1, -0.05) is 18.9 Å². The van der Waals surface area contributed by atoms with Gasteiger partial charge in [-0.3, -0.25) is 4.98 Å². The van der Waals surface area contributed by atoms with Crippen LogP contribution in [0.3, 0.4) is 0 Å². The lowest BCUT2D eigenvalue weighted by molar-refractivity contribution is 0.259. The normalized spacial score (nSPS) is 27.0. The summed E-state index contributed by atoms with van der Waals surface area (Å²) in [6.07, 6.45) is 8.74. The number of nitrogens with zero attached hydrogens (tertiary/aromatic N) is 2. The van der Waals surface area contributed by atoms with Gasteiger partial charge in [0.2, 0.25) is 0 Å². The van der Waals surface area contributed by atoms with Gasteiger partial charge in [0.1, 0.15) is 0 Å². The van der Waals surface area contributed by atoms with Crippen molar-refractivity contribution in [2.75, 3.05) is 0 Å². The lowest BCUT2D eigenvalue weighted by atomic mass is 9.71. The predicted molar refractivity (Wildman–Crippen MR) is 63.7 cm³/mol. The number of hydrogen-bond acceptors (Lipinski definition) is 2. The molecule has 1 aromatic rings. The molecule has 1 aliphatic rings. The molecule has 1 saturated carbocycles. The van der Waals surface area contributed by atoms with Gasteiger partial charge < -0.3 is 0 Å². The van der Waals surface area contributed by atoms with Crippen molar-refractivity contribution >= 4 is 0 Å². The second kappa shape index (κ2) is 5.12. The quantitative estimate of drug-likeness (QED) is 0.755. The fraction of sp³-hybridized carbons (Fsp3) is 0.571. The van der Waals surface area contributed by atoms with Crippen molar-refractivity contribution in [3.8, 4) is 6.07 Å². The first-order valence-corrected chi connectivity index (χ1v) is 6.12. The van der Waals surface area contributed by atoms with Crippen molar-refractivity contribution < 1.29 is 0 Å². The van der Waals surface area contributed by atoms with Crippen molar-refractivity contribution in [1.29, 1.82) is 5.26 Å². The lowest BCUT2D eigenvalue weighted by Crippen LogP contribution is -2.23. The molecular weight excluding hydrogens is 196 g/mol. The van der Waals surface area contributed by atoms with E-state index in [0.717, 1.165) is 0 Å². The van der Waals surface area contributed by atoms with Gasteiger partial charge in [-0.25, -0.2) is 0 Å². The lowest BCUT2D eigenvalue weighted by Gasteiger charge is -2.33. The van der Waals surface area contributed by atoms with Crippen LogP contribution in [0.5, 0.6) is 0 Å². The fourth-order valence-electron chi connectivity index (χ4n) is 2.86. The van der Waals surface area contributed by atoms with Gasteiger partial charge in [0.15, 0.2) is 0 Å². The van der Waals surface area contributed by atoms with Crippen molar-refractivity contribution in [2.45, 2.75) is 38.5 Å². The van der Waals surface area contributed by atoms with Crippen LogP contribution >= 0.6 is 0 Å². The number of aromatic nitrogens is 1. The van der Waals surface area contributed by atoms with Crippen LogP contribution in [0, 0.1) is 23.2 Å². The van der Waals surface area contributed by atoms with Gasteiger partial charge in [0, 0.05) is 18.3 Å². The summed E-state index contributed by atoms with van der Waals surface area (Å²) in [5.74, 6) is 1.21. The summed E-state index contributed by atoms with van der Waals surface area (Å²) in [5.41, 5.74) is 1.31. The average molecular weight is 214 g/mol. The zero-order valence-corrected chi connectivity index (χ0v) is 9.76. The number of pyridine rings is 1. The molecule has 1 fully saturated rings. The molecule has 0 spiro atoms. The van der Waals surface area contributed by atoms with Crippen LogP contribution in [0.4, 0.5) is 0 Å². The summed E-state index contributed by atoms with van der Waals surface area (Å²) >= 11 is 0. The Bertz CT molecular complexity index is 366. The van der Waals surface area contributed by atoms with Gasteiger partial charge in [0.25, 0.3) is 0 Å². The van der Waals surface area contributed by atoms with Gasteiger partial charge in [0.05, 0.1) is 6.07 Å². The second-order valence-electron chi connectivity index (χ2n) is 4.76. The maximum atomic E-state index is 9.09. The Morgan fingerprint density at radius 3 is 2.94 bits per heavy atom. The smallest absolute Gasteiger partial charge is 0.0656 e. The molecule has 3 atom stereocenters. The molecule has 1 aliphatic carbocycles. The second-order valence-corrected chi connectivity index (χ2v) is 4.76. The predicted octanol–water partition coefficient (Wildman–Crippen LogP) is 3.52. The van der Waals surface area contributed by atoms with E-state index >= 15 is 0 Å². The highest BCUT2D eigenvalue weighted by atomic mass is 14.6. The highest BCUT2D eigenvalue weighted by Crippen LogP contribution is 2.41. The Morgan fingerprint density at radius 1 is 1.44 bits per heavy atom. The summed E-state index contributed by atoms with van der Waals surface area (Å²) in [4.78, 5) is 4.20. The average Bonchev–Trinajstić information content (AvgIpc) is 2.39. The Hall–Kier alpha value is -1.36. The van der Waals surface area contributed by atoms with Gasteiger partial charge in [-0.2, -0.15) is 5.26 Å². The molecule has 0 saturated heterocycles. The summed E-state index contributed by atoms with van der Waals surface area (Å²) < 4.78 is 0. The maximum absolute atomic E-state index is 9.09. The number of rotatable bonds is 2. The van der Waals surface area contributed by atoms with E-state index in [0.29, 0.717) is 11.8 Å². The van der Waals surface area contributed by atoms with E-state index in [1.54, 1.807) is 0 Å². The van der Waals surface area contributed by atoms with Crippen molar-refractivity contribution in [1.82, 2.24) is 4.98 Å². The zero-order chi connectivity index (χ0) is 11.4. The van der Waals surface area contributed by atoms with E-state index in [4.69, 9.17) is 5.26 Å². The molecule has 0 aromatic carbocycles. The standard InChI is InChI=1S/C14H18N2/c1-11(9-15)13-6-2-3-7-14(13)12-5-4-8-16-10-12/h4-5,8,10-11,13-14H,2-3,6-7H2,1H3. The molecule has 0 bridgehead atoms. The van der Waals surface area contributed by atoms with E-state index in [-0.39, 0.29) is 5.92 Å². The molecule has 3 unspecified atom stereocenters. The topological polar surface area (TPSA) is 36.7 Å². The minimum atomic E-state index is 0.158. The Morgan fingerprint density at radius 2 is 2.25 bits per heavy atom. The molecule has 2 nitrogen and oxygen atoms in total. The minimum Gasteiger partial charge on any atom is -0.264 e. The first-order chi connectivity index (χ1) is 7.83. The van der Waals surface area contributed by atoms with Gasteiger partial charge in [-0.15, -0.1) is 0 Å². The van der Waals surface area contributed by atoms with E-state index in [1.807, 2.05) is 18.5 Å². The molecule has 0 amide bonds. The Balaban J connectivity index is 2.21. The van der Waals surface area contributed by atoms with Gasteiger partial charge in [-0.05, 0) is 43.2 Å². The third-order valence-corrected chi connectivity index (χ3v) is 3.78. The van der Waals surface area contributed by atoms with E-state index < -0.39 is 0 Å². The zero-order valence-electron chi connectivity index (χ0n) is 9.76.